The van der Waals surface area contributed by atoms with Gasteiger partial charge in [-0.05, 0) is 31.0 Å². The van der Waals surface area contributed by atoms with E-state index in [0.717, 1.165) is 10.9 Å². The van der Waals surface area contributed by atoms with E-state index in [2.05, 4.69) is 46.3 Å². The van der Waals surface area contributed by atoms with E-state index in [-0.39, 0.29) is 0 Å². The molecule has 0 aliphatic carbocycles. The summed E-state index contributed by atoms with van der Waals surface area (Å²) < 4.78 is 1.15. The smallest absolute Gasteiger partial charge is 0.0178 e. The fourth-order valence-electron chi connectivity index (χ4n) is 0.918. The van der Waals surface area contributed by atoms with Crippen LogP contribution in [-0.4, -0.2) is 0 Å². The van der Waals surface area contributed by atoms with Crippen LogP contribution < -0.4 is 0 Å². The molecule has 1 heteroatoms. The number of benzene rings is 1. The van der Waals surface area contributed by atoms with E-state index in [4.69, 9.17) is 0 Å². The summed E-state index contributed by atoms with van der Waals surface area (Å²) >= 11 is 3.43. The van der Waals surface area contributed by atoms with Crippen molar-refractivity contribution >= 4 is 15.9 Å². The normalized spacial score (nSPS) is 10.7. The summed E-state index contributed by atoms with van der Waals surface area (Å²) in [6, 6.07) is 8.37. The van der Waals surface area contributed by atoms with E-state index in [1.807, 2.05) is 13.0 Å². The maximum Gasteiger partial charge on any atom is 0.0178 e. The van der Waals surface area contributed by atoms with E-state index in [1.165, 1.54) is 5.56 Å². The molecule has 0 unspecified atom stereocenters. The summed E-state index contributed by atoms with van der Waals surface area (Å²) in [4.78, 5) is 0. The first-order chi connectivity index (χ1) is 5.33. The van der Waals surface area contributed by atoms with Crippen molar-refractivity contribution in [3.05, 3.63) is 46.5 Å². The van der Waals surface area contributed by atoms with E-state index in [1.54, 1.807) is 0 Å². The summed E-state index contributed by atoms with van der Waals surface area (Å²) in [5.74, 6) is 0. The number of hydrogen-bond donors (Lipinski definition) is 0. The van der Waals surface area contributed by atoms with E-state index < -0.39 is 0 Å². The van der Waals surface area contributed by atoms with Crippen molar-refractivity contribution in [1.82, 2.24) is 0 Å². The van der Waals surface area contributed by atoms with Gasteiger partial charge in [0.15, 0.2) is 0 Å². The third kappa shape index (κ3) is 2.89. The monoisotopic (exact) mass is 210 g/mol. The second kappa shape index (κ2) is 4.35. The Morgan fingerprint density at radius 3 is 2.91 bits per heavy atom. The predicted molar refractivity (Wildman–Crippen MR) is 52.7 cm³/mol. The largest absolute Gasteiger partial charge is 0.0913 e. The molecule has 0 aliphatic heterocycles. The van der Waals surface area contributed by atoms with Crippen molar-refractivity contribution < 1.29 is 0 Å². The summed E-state index contributed by atoms with van der Waals surface area (Å²) in [5, 5.41) is 0. The van der Waals surface area contributed by atoms with Gasteiger partial charge in [0.05, 0.1) is 0 Å². The Morgan fingerprint density at radius 1 is 1.45 bits per heavy atom. The summed E-state index contributed by atoms with van der Waals surface area (Å²) in [6.45, 7) is 2.04. The topological polar surface area (TPSA) is 0 Å². The maximum absolute atomic E-state index is 3.43. The van der Waals surface area contributed by atoms with Gasteiger partial charge in [0.1, 0.15) is 0 Å². The van der Waals surface area contributed by atoms with Gasteiger partial charge in [0.2, 0.25) is 0 Å². The quantitative estimate of drug-likeness (QED) is 0.656. The molecule has 1 aromatic rings. The average molecular weight is 211 g/mol. The van der Waals surface area contributed by atoms with Crippen LogP contribution in [0.3, 0.4) is 0 Å². The summed E-state index contributed by atoms with van der Waals surface area (Å²) in [6.07, 6.45) is 5.25. The molecule has 0 atom stereocenters. The molecule has 0 bridgehead atoms. The van der Waals surface area contributed by atoms with Crippen molar-refractivity contribution in [1.29, 1.82) is 0 Å². The van der Waals surface area contributed by atoms with E-state index in [9.17, 15) is 0 Å². The van der Waals surface area contributed by atoms with Crippen LogP contribution in [0.4, 0.5) is 0 Å². The Balaban J connectivity index is 2.71. The lowest BCUT2D eigenvalue weighted by atomic mass is 10.1. The minimum atomic E-state index is 1.02. The minimum Gasteiger partial charge on any atom is -0.0913 e. The van der Waals surface area contributed by atoms with Gasteiger partial charge < -0.3 is 0 Å². The molecular weight excluding hydrogens is 200 g/mol. The van der Waals surface area contributed by atoms with Crippen molar-refractivity contribution in [2.45, 2.75) is 13.3 Å². The molecular formula is C10H11Br. The lowest BCUT2D eigenvalue weighted by molar-refractivity contribution is 1.26. The average Bonchev–Trinajstić information content (AvgIpc) is 2.01. The van der Waals surface area contributed by atoms with E-state index >= 15 is 0 Å². The van der Waals surface area contributed by atoms with Gasteiger partial charge >= 0.3 is 0 Å². The first-order valence-corrected chi connectivity index (χ1v) is 4.48. The highest BCUT2D eigenvalue weighted by atomic mass is 79.9. The van der Waals surface area contributed by atoms with Crippen LogP contribution in [0.2, 0.25) is 0 Å². The van der Waals surface area contributed by atoms with Crippen LogP contribution in [0.5, 0.6) is 0 Å². The number of allylic oxidation sites excluding steroid dienone is 2. The third-order valence-corrected chi connectivity index (χ3v) is 1.97. The molecule has 0 saturated heterocycles. The first kappa shape index (κ1) is 8.54. The summed E-state index contributed by atoms with van der Waals surface area (Å²) in [5.41, 5.74) is 1.34. The Labute approximate surface area is 76.1 Å². The van der Waals surface area contributed by atoms with Crippen molar-refractivity contribution in [2.75, 3.05) is 0 Å². The second-order valence-corrected chi connectivity index (χ2v) is 3.32. The zero-order chi connectivity index (χ0) is 8.10. The second-order valence-electron chi connectivity index (χ2n) is 2.40. The van der Waals surface area contributed by atoms with E-state index in [0.29, 0.717) is 0 Å². The van der Waals surface area contributed by atoms with Crippen molar-refractivity contribution in [3.8, 4) is 0 Å². The number of rotatable bonds is 2. The lowest BCUT2D eigenvalue weighted by Gasteiger charge is -1.95. The van der Waals surface area contributed by atoms with Crippen molar-refractivity contribution in [3.63, 3.8) is 0 Å². The molecule has 58 valence electrons. The first-order valence-electron chi connectivity index (χ1n) is 3.68. The molecule has 1 rings (SSSR count). The number of hydrogen-bond acceptors (Lipinski definition) is 0. The highest BCUT2D eigenvalue weighted by Crippen LogP contribution is 2.11. The molecule has 0 nitrogen and oxygen atoms in total. The predicted octanol–water partition coefficient (Wildman–Crippen LogP) is 3.57. The highest BCUT2D eigenvalue weighted by Gasteiger charge is 1.89. The van der Waals surface area contributed by atoms with Crippen LogP contribution >= 0.6 is 15.9 Å². The van der Waals surface area contributed by atoms with Crippen LogP contribution in [-0.2, 0) is 6.42 Å². The van der Waals surface area contributed by atoms with Gasteiger partial charge in [-0.3, -0.25) is 0 Å². The Morgan fingerprint density at radius 2 is 2.27 bits per heavy atom. The van der Waals surface area contributed by atoms with Crippen LogP contribution in [0.25, 0.3) is 0 Å². The molecule has 0 fully saturated rings. The Kier molecular flexibility index (Phi) is 3.37. The summed E-state index contributed by atoms with van der Waals surface area (Å²) in [7, 11) is 0. The molecule has 0 spiro atoms. The van der Waals surface area contributed by atoms with Crippen LogP contribution in [0.15, 0.2) is 40.9 Å². The van der Waals surface area contributed by atoms with Crippen LogP contribution in [0.1, 0.15) is 12.5 Å². The molecule has 11 heavy (non-hydrogen) atoms. The highest BCUT2D eigenvalue weighted by molar-refractivity contribution is 9.10. The molecule has 0 heterocycles. The molecule has 1 aromatic carbocycles. The number of halogens is 1. The van der Waals surface area contributed by atoms with Gasteiger partial charge in [-0.15, -0.1) is 0 Å². The maximum atomic E-state index is 3.43. The van der Waals surface area contributed by atoms with Gasteiger partial charge in [0, 0.05) is 4.47 Å². The molecule has 0 amide bonds. The third-order valence-electron chi connectivity index (χ3n) is 1.48. The Bertz CT molecular complexity index is 251. The minimum absolute atomic E-state index is 1.02. The molecule has 0 radical (unpaired) electrons. The molecule has 0 saturated carbocycles. The van der Waals surface area contributed by atoms with Gasteiger partial charge in [-0.1, -0.05) is 40.2 Å². The molecule has 0 aromatic heterocycles. The fraction of sp³-hybridized carbons (Fsp3) is 0.200. The molecule has 0 aliphatic rings. The standard InChI is InChI=1S/C10H11Br/c1-2-3-5-9-6-4-7-10(11)8-9/h2-4,6-8H,5H2,1H3. The Hall–Kier alpha value is -0.560. The van der Waals surface area contributed by atoms with Gasteiger partial charge in [-0.25, -0.2) is 0 Å². The fourth-order valence-corrected chi connectivity index (χ4v) is 1.36. The zero-order valence-corrected chi connectivity index (χ0v) is 8.14. The molecule has 0 N–H and O–H groups in total. The van der Waals surface area contributed by atoms with Crippen molar-refractivity contribution in [2.24, 2.45) is 0 Å². The SMILES string of the molecule is CC=CCc1cccc(Br)c1. The lowest BCUT2D eigenvalue weighted by Crippen LogP contribution is -1.78. The zero-order valence-electron chi connectivity index (χ0n) is 6.55. The van der Waals surface area contributed by atoms with Gasteiger partial charge in [0.25, 0.3) is 0 Å². The van der Waals surface area contributed by atoms with Crippen LogP contribution in [0, 0.1) is 0 Å². The van der Waals surface area contributed by atoms with Gasteiger partial charge in [-0.2, -0.15) is 0 Å².